The number of hydrogen-bond donors (Lipinski definition) is 6. The number of ether oxygens (including phenoxy) is 2. The molecule has 7 atom stereocenters. The van der Waals surface area contributed by atoms with Crippen LogP contribution in [0.1, 0.15) is 251 Å². The fourth-order valence-corrected chi connectivity index (χ4v) is 8.64. The normalized spacial score (nSPS) is 20.3. The predicted octanol–water partition coefficient (Wildman–Crippen LogP) is 12.8. The third-order valence-electron chi connectivity index (χ3n) is 13.0. The van der Waals surface area contributed by atoms with Gasteiger partial charge >= 0.3 is 0 Å². The van der Waals surface area contributed by atoms with E-state index in [0.717, 1.165) is 51.4 Å². The third kappa shape index (κ3) is 34.7. The van der Waals surface area contributed by atoms with Gasteiger partial charge < -0.3 is 40.3 Å². The summed E-state index contributed by atoms with van der Waals surface area (Å²) < 4.78 is 11.3. The molecule has 0 radical (unpaired) electrons. The van der Waals surface area contributed by atoms with Gasteiger partial charge in [-0.1, -0.05) is 230 Å². The largest absolute Gasteiger partial charge is 0.394 e. The third-order valence-corrected chi connectivity index (χ3v) is 13.0. The van der Waals surface area contributed by atoms with E-state index in [1.165, 1.54) is 173 Å². The maximum Gasteiger partial charge on any atom is 0.220 e. The first-order valence-corrected chi connectivity index (χ1v) is 27.2. The quantitative estimate of drug-likeness (QED) is 0.0261. The Morgan fingerprint density at radius 2 is 0.922 bits per heavy atom. The van der Waals surface area contributed by atoms with Gasteiger partial charge in [0.25, 0.3) is 0 Å². The Morgan fingerprint density at radius 1 is 0.531 bits per heavy atom. The molecular formula is C55H103NO8. The number of aliphatic hydroxyl groups is 5. The van der Waals surface area contributed by atoms with Gasteiger partial charge in [0.1, 0.15) is 24.4 Å². The van der Waals surface area contributed by atoms with E-state index in [2.05, 4.69) is 55.6 Å². The molecule has 1 rings (SSSR count). The first-order chi connectivity index (χ1) is 31.3. The highest BCUT2D eigenvalue weighted by Gasteiger charge is 2.44. The van der Waals surface area contributed by atoms with E-state index < -0.39 is 49.5 Å². The minimum Gasteiger partial charge on any atom is -0.394 e. The lowest BCUT2D eigenvalue weighted by Crippen LogP contribution is -2.60. The van der Waals surface area contributed by atoms with Crippen molar-refractivity contribution < 1.29 is 39.8 Å². The van der Waals surface area contributed by atoms with Crippen LogP contribution in [0.15, 0.2) is 36.5 Å². The van der Waals surface area contributed by atoms with Crippen LogP contribution in [0.3, 0.4) is 0 Å². The predicted molar refractivity (Wildman–Crippen MR) is 267 cm³/mol. The van der Waals surface area contributed by atoms with Crippen LogP contribution >= 0.6 is 0 Å². The van der Waals surface area contributed by atoms with Gasteiger partial charge in [-0.05, 0) is 51.4 Å². The van der Waals surface area contributed by atoms with Crippen LogP contribution in [0.2, 0.25) is 0 Å². The maximum atomic E-state index is 13.0. The van der Waals surface area contributed by atoms with Crippen LogP contribution in [0, 0.1) is 0 Å². The molecule has 1 heterocycles. The number of carbonyl (C=O) groups excluding carboxylic acids is 1. The van der Waals surface area contributed by atoms with Crippen molar-refractivity contribution in [1.29, 1.82) is 0 Å². The van der Waals surface area contributed by atoms with Gasteiger partial charge in [-0.2, -0.15) is 0 Å². The molecule has 376 valence electrons. The lowest BCUT2D eigenvalue weighted by atomic mass is 9.99. The average molecular weight is 906 g/mol. The number of hydrogen-bond acceptors (Lipinski definition) is 8. The Hall–Kier alpha value is -1.59. The molecule has 0 saturated carbocycles. The topological polar surface area (TPSA) is 149 Å². The van der Waals surface area contributed by atoms with Gasteiger partial charge in [-0.25, -0.2) is 0 Å². The molecule has 1 aliphatic rings. The standard InChI is InChI=1S/C55H103NO8/c1-3-5-7-9-11-13-15-16-17-18-19-20-21-22-23-24-25-26-27-28-29-30-31-32-33-34-35-37-39-41-43-45-51(59)56-48(47-63-55-54(62)53(61)52(60)50(46-57)64-55)49(58)44-42-40-38-36-14-12-10-8-6-4-2/h15-16,18-19,21-22,48-50,52-55,57-58,60-62H,3-14,17,20,23-47H2,1-2H3,(H,56,59)/b16-15-,19-18-,22-21-. The van der Waals surface area contributed by atoms with Gasteiger partial charge in [0.2, 0.25) is 5.91 Å². The summed E-state index contributed by atoms with van der Waals surface area (Å²) in [4.78, 5) is 13.0. The number of nitrogens with one attached hydrogen (secondary N) is 1. The Kier molecular flexibility index (Phi) is 42.7. The molecule has 0 spiro atoms. The summed E-state index contributed by atoms with van der Waals surface area (Å²) in [6, 6.07) is -0.716. The molecule has 64 heavy (non-hydrogen) atoms. The zero-order valence-electron chi connectivity index (χ0n) is 41.5. The van der Waals surface area contributed by atoms with Gasteiger partial charge in [0.15, 0.2) is 6.29 Å². The molecule has 0 bridgehead atoms. The average Bonchev–Trinajstić information content (AvgIpc) is 3.29. The number of aliphatic hydroxyl groups excluding tert-OH is 5. The van der Waals surface area contributed by atoms with Gasteiger partial charge in [-0.3, -0.25) is 4.79 Å². The summed E-state index contributed by atoms with van der Waals surface area (Å²) in [5.41, 5.74) is 0. The van der Waals surface area contributed by atoms with E-state index in [1.54, 1.807) is 0 Å². The van der Waals surface area contributed by atoms with Crippen LogP contribution in [-0.2, 0) is 14.3 Å². The summed E-state index contributed by atoms with van der Waals surface area (Å²) in [6.07, 6.45) is 50.4. The van der Waals surface area contributed by atoms with E-state index in [0.29, 0.717) is 12.8 Å². The molecule has 0 aliphatic carbocycles. The number of carbonyl (C=O) groups is 1. The van der Waals surface area contributed by atoms with Crippen molar-refractivity contribution >= 4 is 5.91 Å². The second kappa shape index (κ2) is 45.2. The van der Waals surface area contributed by atoms with Crippen molar-refractivity contribution in [2.45, 2.75) is 294 Å². The van der Waals surface area contributed by atoms with E-state index >= 15 is 0 Å². The maximum absolute atomic E-state index is 13.0. The van der Waals surface area contributed by atoms with Crippen LogP contribution in [0.5, 0.6) is 0 Å². The highest BCUT2D eigenvalue weighted by molar-refractivity contribution is 5.76. The highest BCUT2D eigenvalue weighted by Crippen LogP contribution is 2.23. The second-order valence-electron chi connectivity index (χ2n) is 19.0. The van der Waals surface area contributed by atoms with Crippen molar-refractivity contribution in [3.8, 4) is 0 Å². The first-order valence-electron chi connectivity index (χ1n) is 27.2. The molecule has 0 aromatic heterocycles. The second-order valence-corrected chi connectivity index (χ2v) is 19.0. The summed E-state index contributed by atoms with van der Waals surface area (Å²) in [6.45, 7) is 3.81. The molecule has 9 heteroatoms. The minimum absolute atomic E-state index is 0.136. The van der Waals surface area contributed by atoms with E-state index in [4.69, 9.17) is 9.47 Å². The zero-order valence-corrected chi connectivity index (χ0v) is 41.5. The molecule has 1 aliphatic heterocycles. The first kappa shape index (κ1) is 60.4. The number of allylic oxidation sites excluding steroid dienone is 6. The fourth-order valence-electron chi connectivity index (χ4n) is 8.64. The summed E-state index contributed by atoms with van der Waals surface area (Å²) in [5.74, 6) is -0.145. The summed E-state index contributed by atoms with van der Waals surface area (Å²) >= 11 is 0. The molecule has 9 nitrogen and oxygen atoms in total. The monoisotopic (exact) mass is 906 g/mol. The fraction of sp³-hybridized carbons (Fsp3) is 0.873. The zero-order chi connectivity index (χ0) is 46.6. The highest BCUT2D eigenvalue weighted by atomic mass is 16.7. The van der Waals surface area contributed by atoms with Gasteiger partial charge in [0, 0.05) is 6.42 Å². The van der Waals surface area contributed by atoms with Crippen LogP contribution in [-0.4, -0.2) is 87.5 Å². The Morgan fingerprint density at radius 3 is 1.36 bits per heavy atom. The smallest absolute Gasteiger partial charge is 0.220 e. The van der Waals surface area contributed by atoms with Crippen molar-refractivity contribution in [2.24, 2.45) is 0 Å². The Balaban J connectivity index is 2.11. The van der Waals surface area contributed by atoms with Crippen molar-refractivity contribution in [3.05, 3.63) is 36.5 Å². The van der Waals surface area contributed by atoms with Gasteiger partial charge in [-0.15, -0.1) is 0 Å². The molecule has 1 fully saturated rings. The Labute approximate surface area is 393 Å². The molecule has 1 amide bonds. The lowest BCUT2D eigenvalue weighted by Gasteiger charge is -2.40. The van der Waals surface area contributed by atoms with Crippen molar-refractivity contribution in [2.75, 3.05) is 13.2 Å². The SMILES string of the molecule is CCCCCCC/C=C\C/C=C\C/C=C\CCCCCCCCCCCCCCCCCCC(=O)NC(COC1OC(CO)C(O)C(O)C1O)C(O)CCCCCCCCCCCC. The van der Waals surface area contributed by atoms with E-state index in [9.17, 15) is 30.3 Å². The molecule has 1 saturated heterocycles. The Bertz CT molecular complexity index is 1100. The van der Waals surface area contributed by atoms with Gasteiger partial charge in [0.05, 0.1) is 25.4 Å². The molecule has 7 unspecified atom stereocenters. The minimum atomic E-state index is -1.55. The van der Waals surface area contributed by atoms with Crippen LogP contribution < -0.4 is 5.32 Å². The number of amides is 1. The molecule has 6 N–H and O–H groups in total. The number of unbranched alkanes of at least 4 members (excludes halogenated alkanes) is 30. The van der Waals surface area contributed by atoms with Crippen molar-refractivity contribution in [1.82, 2.24) is 5.32 Å². The van der Waals surface area contributed by atoms with E-state index in [-0.39, 0.29) is 12.5 Å². The summed E-state index contributed by atoms with van der Waals surface area (Å²) in [7, 11) is 0. The lowest BCUT2D eigenvalue weighted by molar-refractivity contribution is -0.302. The van der Waals surface area contributed by atoms with Crippen LogP contribution in [0.25, 0.3) is 0 Å². The molecular weight excluding hydrogens is 803 g/mol. The molecule has 0 aromatic rings. The van der Waals surface area contributed by atoms with E-state index in [1.807, 2.05) is 0 Å². The number of rotatable bonds is 46. The van der Waals surface area contributed by atoms with Crippen LogP contribution in [0.4, 0.5) is 0 Å². The molecule has 0 aromatic carbocycles. The summed E-state index contributed by atoms with van der Waals surface area (Å²) in [5, 5.41) is 54.4. The van der Waals surface area contributed by atoms with Crippen molar-refractivity contribution in [3.63, 3.8) is 0 Å².